The van der Waals surface area contributed by atoms with Crippen LogP contribution in [0.4, 0.5) is 26.3 Å². The van der Waals surface area contributed by atoms with Gasteiger partial charge in [0.2, 0.25) is 0 Å². The van der Waals surface area contributed by atoms with Crippen molar-refractivity contribution in [2.24, 2.45) is 5.92 Å². The minimum absolute atomic E-state index is 0.584. The molecule has 1 nitrogen and oxygen atoms in total. The molecule has 15 heavy (non-hydrogen) atoms. The first kappa shape index (κ1) is 14.0. The predicted octanol–water partition coefficient (Wildman–Crippen LogP) is 3.18. The molecule has 0 aromatic heterocycles. The van der Waals surface area contributed by atoms with Gasteiger partial charge in [-0.2, -0.15) is 22.0 Å². The van der Waals surface area contributed by atoms with Crippen molar-refractivity contribution in [1.29, 1.82) is 0 Å². The van der Waals surface area contributed by atoms with Gasteiger partial charge in [-0.05, 0) is 0 Å². The Hall–Kier alpha value is -0.980. The Bertz CT molecular complexity index is 252. The van der Waals surface area contributed by atoms with Crippen LogP contribution in [0.2, 0.25) is 0 Å². The topological polar surface area (TPSA) is 20.2 Å². The molecule has 2 atom stereocenters. The van der Waals surface area contributed by atoms with Crippen LogP contribution in [-0.4, -0.2) is 17.4 Å². The van der Waals surface area contributed by atoms with Gasteiger partial charge < -0.3 is 5.11 Å². The number of hydrogen-bond acceptors (Lipinski definition) is 1. The smallest absolute Gasteiger partial charge is 0.383 e. The molecular weight excluding hydrogens is 226 g/mol. The van der Waals surface area contributed by atoms with Crippen molar-refractivity contribution in [1.82, 2.24) is 0 Å². The maximum absolute atomic E-state index is 12.3. The van der Waals surface area contributed by atoms with Crippen molar-refractivity contribution in [3.63, 3.8) is 0 Å². The van der Waals surface area contributed by atoms with Crippen LogP contribution in [0.5, 0.6) is 0 Å². The summed E-state index contributed by atoms with van der Waals surface area (Å²) in [5.74, 6) is -3.81. The minimum Gasteiger partial charge on any atom is -0.383 e. The van der Waals surface area contributed by atoms with E-state index in [-0.39, 0.29) is 0 Å². The normalized spacial score (nSPS) is 15.7. The third kappa shape index (κ3) is 4.37. The van der Waals surface area contributed by atoms with Crippen molar-refractivity contribution in [2.45, 2.75) is 18.7 Å². The second-order valence-corrected chi connectivity index (χ2v) is 2.76. The highest BCUT2D eigenvalue weighted by molar-refractivity contribution is 5.00. The Kier molecular flexibility index (Phi) is 4.86. The zero-order chi connectivity index (χ0) is 12.2. The second-order valence-electron chi connectivity index (χ2n) is 2.76. The summed E-state index contributed by atoms with van der Waals surface area (Å²) < 4.78 is 71.2. The van der Waals surface area contributed by atoms with Crippen LogP contribution < -0.4 is 0 Å². The fourth-order valence-electron chi connectivity index (χ4n) is 0.851. The highest BCUT2D eigenvalue weighted by Crippen LogP contribution is 2.31. The van der Waals surface area contributed by atoms with Crippen molar-refractivity contribution in [3.05, 3.63) is 24.6 Å². The van der Waals surface area contributed by atoms with E-state index >= 15 is 0 Å². The van der Waals surface area contributed by atoms with Gasteiger partial charge >= 0.3 is 12.3 Å². The van der Waals surface area contributed by atoms with Crippen molar-refractivity contribution in [3.8, 4) is 0 Å². The fraction of sp³-hybridized carbons (Fsp3) is 0.500. The van der Waals surface area contributed by atoms with Gasteiger partial charge in [0, 0.05) is 12.3 Å². The first-order chi connectivity index (χ1) is 6.70. The Morgan fingerprint density at radius 2 is 1.73 bits per heavy atom. The Labute approximate surface area is 81.7 Å². The minimum atomic E-state index is -4.99. The molecule has 0 aliphatic rings. The van der Waals surface area contributed by atoms with Gasteiger partial charge in [0.1, 0.15) is 0 Å². The monoisotopic (exact) mass is 234 g/mol. The van der Waals surface area contributed by atoms with E-state index in [4.69, 9.17) is 5.11 Å². The summed E-state index contributed by atoms with van der Waals surface area (Å²) in [6.45, 7) is 2.91. The molecule has 2 unspecified atom stereocenters. The van der Waals surface area contributed by atoms with Crippen molar-refractivity contribution >= 4 is 0 Å². The maximum Gasteiger partial charge on any atom is 0.414 e. The first-order valence-electron chi connectivity index (χ1n) is 3.77. The molecule has 1 N–H and O–H groups in total. The van der Waals surface area contributed by atoms with Gasteiger partial charge in [0.25, 0.3) is 0 Å². The molecule has 0 saturated carbocycles. The molecule has 0 bridgehead atoms. The van der Waals surface area contributed by atoms with Crippen LogP contribution in [0.15, 0.2) is 24.6 Å². The van der Waals surface area contributed by atoms with Crippen molar-refractivity contribution < 1.29 is 31.4 Å². The molecule has 0 aliphatic carbocycles. The third-order valence-corrected chi connectivity index (χ3v) is 1.66. The van der Waals surface area contributed by atoms with E-state index in [0.29, 0.717) is 6.08 Å². The Morgan fingerprint density at radius 1 is 1.27 bits per heavy atom. The zero-order valence-corrected chi connectivity index (χ0v) is 7.36. The highest BCUT2D eigenvalue weighted by Gasteiger charge is 2.42. The molecule has 0 radical (unpaired) electrons. The van der Waals surface area contributed by atoms with Crippen LogP contribution in [-0.2, 0) is 0 Å². The quantitative estimate of drug-likeness (QED) is 0.585. The lowest BCUT2D eigenvalue weighted by Crippen LogP contribution is -2.35. The fourth-order valence-corrected chi connectivity index (χ4v) is 0.851. The third-order valence-electron chi connectivity index (χ3n) is 1.66. The molecule has 88 valence electrons. The molecule has 7 heteroatoms. The van der Waals surface area contributed by atoms with Crippen LogP contribution in [0.25, 0.3) is 0 Å². The average molecular weight is 234 g/mol. The number of aliphatic hydroxyl groups is 1. The van der Waals surface area contributed by atoms with Crippen LogP contribution in [0, 0.1) is 5.92 Å². The molecule has 0 fully saturated rings. The number of halogens is 6. The van der Waals surface area contributed by atoms with E-state index in [2.05, 4.69) is 6.58 Å². The first-order valence-corrected chi connectivity index (χ1v) is 3.77. The molecule has 0 amide bonds. The van der Waals surface area contributed by atoms with Crippen LogP contribution >= 0.6 is 0 Å². The standard InChI is InChI=1S/C8H8F6O/c1-2-4(3-5(9)7(10)11)6(15)8(12,13)14/h2,4,6,15H,1,3H2. The number of alkyl halides is 3. The lowest BCUT2D eigenvalue weighted by Gasteiger charge is -2.21. The van der Waals surface area contributed by atoms with E-state index in [1.165, 1.54) is 0 Å². The predicted molar refractivity (Wildman–Crippen MR) is 40.7 cm³/mol. The van der Waals surface area contributed by atoms with Gasteiger partial charge in [-0.1, -0.05) is 6.08 Å². The van der Waals surface area contributed by atoms with Gasteiger partial charge in [-0.3, -0.25) is 0 Å². The van der Waals surface area contributed by atoms with Gasteiger partial charge in [0.05, 0.1) is 0 Å². The SMILES string of the molecule is C=CC(CC(F)=C(F)F)C(O)C(F)(F)F. The van der Waals surface area contributed by atoms with Gasteiger partial charge in [-0.25, -0.2) is 4.39 Å². The Balaban J connectivity index is 4.66. The summed E-state index contributed by atoms with van der Waals surface area (Å²) in [5.41, 5.74) is 0. The Morgan fingerprint density at radius 3 is 2.00 bits per heavy atom. The van der Waals surface area contributed by atoms with Gasteiger partial charge in [0.15, 0.2) is 11.9 Å². The number of aliphatic hydroxyl groups excluding tert-OH is 1. The van der Waals surface area contributed by atoms with Crippen molar-refractivity contribution in [2.75, 3.05) is 0 Å². The molecule has 0 heterocycles. The molecule has 0 rings (SSSR count). The van der Waals surface area contributed by atoms with E-state index in [0.717, 1.165) is 0 Å². The second kappa shape index (κ2) is 5.20. The molecule has 0 saturated heterocycles. The summed E-state index contributed by atoms with van der Waals surface area (Å²) in [7, 11) is 0. The summed E-state index contributed by atoms with van der Waals surface area (Å²) in [4.78, 5) is 0. The van der Waals surface area contributed by atoms with E-state index < -0.39 is 36.5 Å². The van der Waals surface area contributed by atoms with E-state index in [9.17, 15) is 26.3 Å². The average Bonchev–Trinajstić information content (AvgIpc) is 2.10. The summed E-state index contributed by atoms with van der Waals surface area (Å²) in [6.07, 6.45) is -11.2. The highest BCUT2D eigenvalue weighted by atomic mass is 19.4. The molecule has 0 aromatic rings. The lowest BCUT2D eigenvalue weighted by atomic mass is 9.98. The number of allylic oxidation sites excluding steroid dienone is 1. The lowest BCUT2D eigenvalue weighted by molar-refractivity contribution is -0.214. The molecule has 0 aliphatic heterocycles. The summed E-state index contributed by atoms with van der Waals surface area (Å²) >= 11 is 0. The molecule has 0 spiro atoms. The zero-order valence-electron chi connectivity index (χ0n) is 7.36. The largest absolute Gasteiger partial charge is 0.414 e. The van der Waals surface area contributed by atoms with E-state index in [1.54, 1.807) is 0 Å². The summed E-state index contributed by atoms with van der Waals surface area (Å²) in [5, 5.41) is 8.65. The van der Waals surface area contributed by atoms with E-state index in [1.807, 2.05) is 0 Å². The maximum atomic E-state index is 12.3. The number of rotatable bonds is 4. The van der Waals surface area contributed by atoms with Crippen LogP contribution in [0.3, 0.4) is 0 Å². The molecular formula is C8H8F6O. The van der Waals surface area contributed by atoms with Gasteiger partial charge in [-0.15, -0.1) is 6.58 Å². The summed E-state index contributed by atoms with van der Waals surface area (Å²) in [6, 6.07) is 0. The molecule has 0 aromatic carbocycles. The number of hydrogen-bond donors (Lipinski definition) is 1. The van der Waals surface area contributed by atoms with Crippen LogP contribution in [0.1, 0.15) is 6.42 Å².